The Balaban J connectivity index is 2.28. The van der Waals surface area contributed by atoms with Gasteiger partial charge in [-0.25, -0.2) is 4.79 Å². The Morgan fingerprint density at radius 2 is 1.95 bits per heavy atom. The summed E-state index contributed by atoms with van der Waals surface area (Å²) in [5.74, 6) is -0.875. The molecule has 0 saturated heterocycles. The van der Waals surface area contributed by atoms with Crippen LogP contribution in [0.2, 0.25) is 0 Å². The van der Waals surface area contributed by atoms with Gasteiger partial charge in [-0.1, -0.05) is 36.4 Å². The number of fused-ring (bicyclic) bond motifs is 1. The second-order valence-electron chi connectivity index (χ2n) is 4.48. The van der Waals surface area contributed by atoms with E-state index in [0.717, 1.165) is 16.0 Å². The topological polar surface area (TPSA) is 37.3 Å². The molecule has 0 saturated carbocycles. The van der Waals surface area contributed by atoms with Gasteiger partial charge in [0.2, 0.25) is 0 Å². The molecule has 1 N–H and O–H groups in total. The first kappa shape index (κ1) is 11.9. The molecule has 0 aliphatic carbocycles. The Morgan fingerprint density at radius 1 is 1.16 bits per heavy atom. The third-order valence-electron chi connectivity index (χ3n) is 3.23. The van der Waals surface area contributed by atoms with Crippen LogP contribution < -0.4 is 0 Å². The van der Waals surface area contributed by atoms with E-state index in [9.17, 15) is 4.79 Å². The minimum Gasteiger partial charge on any atom is -0.478 e. The maximum atomic E-state index is 11.0. The number of hydrogen-bond acceptors (Lipinski definition) is 2. The van der Waals surface area contributed by atoms with E-state index in [1.54, 1.807) is 11.4 Å². The monoisotopic (exact) mass is 268 g/mol. The molecule has 0 amide bonds. The molecular formula is C16H12O2S. The van der Waals surface area contributed by atoms with Crippen molar-refractivity contribution in [3.63, 3.8) is 0 Å². The molecule has 3 rings (SSSR count). The maximum absolute atomic E-state index is 11.0. The Hall–Kier alpha value is -2.13. The molecule has 2 aromatic carbocycles. The lowest BCUT2D eigenvalue weighted by Crippen LogP contribution is -1.91. The highest BCUT2D eigenvalue weighted by molar-refractivity contribution is 7.14. The third-order valence-corrected chi connectivity index (χ3v) is 4.18. The Bertz CT molecular complexity index is 771. The molecule has 3 aromatic rings. The highest BCUT2D eigenvalue weighted by atomic mass is 32.1. The van der Waals surface area contributed by atoms with Gasteiger partial charge >= 0.3 is 5.97 Å². The van der Waals surface area contributed by atoms with Gasteiger partial charge in [0.1, 0.15) is 0 Å². The van der Waals surface area contributed by atoms with Gasteiger partial charge in [0.05, 0.1) is 5.56 Å². The molecule has 0 spiro atoms. The molecule has 0 radical (unpaired) electrons. The van der Waals surface area contributed by atoms with Gasteiger partial charge in [0, 0.05) is 15.8 Å². The zero-order valence-electron chi connectivity index (χ0n) is 10.4. The lowest BCUT2D eigenvalue weighted by molar-refractivity contribution is 0.0697. The Labute approximate surface area is 114 Å². The number of carboxylic acid groups (broad SMARTS) is 1. The average molecular weight is 268 g/mol. The van der Waals surface area contributed by atoms with Crippen LogP contribution >= 0.6 is 11.3 Å². The summed E-state index contributed by atoms with van der Waals surface area (Å²) >= 11 is 1.48. The van der Waals surface area contributed by atoms with E-state index in [-0.39, 0.29) is 0 Å². The summed E-state index contributed by atoms with van der Waals surface area (Å²) in [6, 6.07) is 14.1. The number of benzene rings is 2. The van der Waals surface area contributed by atoms with E-state index in [1.807, 2.05) is 12.1 Å². The van der Waals surface area contributed by atoms with Crippen molar-refractivity contribution < 1.29 is 9.90 Å². The smallest absolute Gasteiger partial charge is 0.336 e. The van der Waals surface area contributed by atoms with E-state index in [2.05, 4.69) is 31.2 Å². The molecule has 0 aliphatic rings. The van der Waals surface area contributed by atoms with Crippen molar-refractivity contribution in [3.8, 4) is 10.4 Å². The van der Waals surface area contributed by atoms with Crippen molar-refractivity contribution >= 4 is 28.1 Å². The first-order valence-electron chi connectivity index (χ1n) is 5.97. The number of hydrogen-bond donors (Lipinski definition) is 1. The molecule has 1 heterocycles. The van der Waals surface area contributed by atoms with Gasteiger partial charge in [-0.2, -0.15) is 0 Å². The fraction of sp³-hybridized carbons (Fsp3) is 0.0625. The molecule has 3 heteroatoms. The Morgan fingerprint density at radius 3 is 2.68 bits per heavy atom. The van der Waals surface area contributed by atoms with Crippen LogP contribution in [0.1, 0.15) is 15.9 Å². The van der Waals surface area contributed by atoms with Crippen molar-refractivity contribution in [1.29, 1.82) is 0 Å². The van der Waals surface area contributed by atoms with Crippen LogP contribution in [0.15, 0.2) is 47.8 Å². The van der Waals surface area contributed by atoms with Crippen molar-refractivity contribution in [1.82, 2.24) is 0 Å². The van der Waals surface area contributed by atoms with E-state index in [0.29, 0.717) is 5.56 Å². The first-order valence-corrected chi connectivity index (χ1v) is 6.85. The summed E-state index contributed by atoms with van der Waals surface area (Å²) in [6.07, 6.45) is 0. The van der Waals surface area contributed by atoms with Crippen LogP contribution in [0, 0.1) is 6.92 Å². The van der Waals surface area contributed by atoms with Crippen molar-refractivity contribution in [2.75, 3.05) is 0 Å². The van der Waals surface area contributed by atoms with Gasteiger partial charge in [0.15, 0.2) is 0 Å². The summed E-state index contributed by atoms with van der Waals surface area (Å²) in [7, 11) is 0. The fourth-order valence-electron chi connectivity index (χ4n) is 2.29. The molecule has 2 nitrogen and oxygen atoms in total. The lowest BCUT2D eigenvalue weighted by Gasteiger charge is -2.08. The average Bonchev–Trinajstić information content (AvgIpc) is 2.88. The molecular weight excluding hydrogens is 256 g/mol. The predicted octanol–water partition coefficient (Wildman–Crippen LogP) is 4.57. The van der Waals surface area contributed by atoms with Crippen LogP contribution in [0.3, 0.4) is 0 Å². The highest BCUT2D eigenvalue weighted by Gasteiger charge is 2.12. The number of carbonyl (C=O) groups is 1. The SMILES string of the molecule is Cc1ccc2ccccc2c1-c1cc(C(=O)O)cs1. The van der Waals surface area contributed by atoms with Gasteiger partial charge < -0.3 is 5.11 Å². The minimum absolute atomic E-state index is 0.354. The van der Waals surface area contributed by atoms with Crippen molar-refractivity contribution in [2.24, 2.45) is 0 Å². The molecule has 0 aliphatic heterocycles. The van der Waals surface area contributed by atoms with Crippen LogP contribution in [0.25, 0.3) is 21.2 Å². The fourth-order valence-corrected chi connectivity index (χ4v) is 3.29. The largest absolute Gasteiger partial charge is 0.478 e. The molecule has 0 bridgehead atoms. The summed E-state index contributed by atoms with van der Waals surface area (Å²) in [4.78, 5) is 12.0. The third kappa shape index (κ3) is 2.02. The summed E-state index contributed by atoms with van der Waals surface area (Å²) in [6.45, 7) is 2.06. The van der Waals surface area contributed by atoms with E-state index in [1.165, 1.54) is 22.1 Å². The first-order chi connectivity index (χ1) is 9.16. The zero-order chi connectivity index (χ0) is 13.4. The number of rotatable bonds is 2. The second kappa shape index (κ2) is 4.52. The Kier molecular flexibility index (Phi) is 2.84. The van der Waals surface area contributed by atoms with Crippen molar-refractivity contribution in [3.05, 3.63) is 59.0 Å². The molecule has 94 valence electrons. The van der Waals surface area contributed by atoms with E-state index in [4.69, 9.17) is 5.11 Å². The quantitative estimate of drug-likeness (QED) is 0.739. The van der Waals surface area contributed by atoms with E-state index < -0.39 is 5.97 Å². The van der Waals surface area contributed by atoms with Gasteiger partial charge in [-0.15, -0.1) is 11.3 Å². The molecule has 0 atom stereocenters. The molecule has 1 aromatic heterocycles. The number of aromatic carboxylic acids is 1. The van der Waals surface area contributed by atoms with Gasteiger partial charge in [-0.05, 0) is 29.3 Å². The van der Waals surface area contributed by atoms with Crippen LogP contribution in [0.4, 0.5) is 0 Å². The molecule has 19 heavy (non-hydrogen) atoms. The van der Waals surface area contributed by atoms with Crippen LogP contribution in [-0.2, 0) is 0 Å². The lowest BCUT2D eigenvalue weighted by atomic mass is 9.98. The summed E-state index contributed by atoms with van der Waals surface area (Å²) in [5, 5.41) is 13.1. The number of aryl methyl sites for hydroxylation is 1. The van der Waals surface area contributed by atoms with Gasteiger partial charge in [0.25, 0.3) is 0 Å². The predicted molar refractivity (Wildman–Crippen MR) is 79.0 cm³/mol. The molecule has 0 fully saturated rings. The van der Waals surface area contributed by atoms with E-state index >= 15 is 0 Å². The van der Waals surface area contributed by atoms with Crippen LogP contribution in [0.5, 0.6) is 0 Å². The van der Waals surface area contributed by atoms with Crippen LogP contribution in [-0.4, -0.2) is 11.1 Å². The molecule has 0 unspecified atom stereocenters. The zero-order valence-corrected chi connectivity index (χ0v) is 11.2. The second-order valence-corrected chi connectivity index (χ2v) is 5.39. The summed E-state index contributed by atoms with van der Waals surface area (Å²) < 4.78 is 0. The number of thiophene rings is 1. The minimum atomic E-state index is -0.875. The normalized spacial score (nSPS) is 10.8. The maximum Gasteiger partial charge on any atom is 0.336 e. The van der Waals surface area contributed by atoms with Gasteiger partial charge in [-0.3, -0.25) is 0 Å². The number of carboxylic acids is 1. The highest BCUT2D eigenvalue weighted by Crippen LogP contribution is 2.35. The summed E-state index contributed by atoms with van der Waals surface area (Å²) in [5.41, 5.74) is 2.65. The van der Waals surface area contributed by atoms with Crippen molar-refractivity contribution in [2.45, 2.75) is 6.92 Å². The standard InChI is InChI=1S/C16H12O2S/c1-10-6-7-11-4-2-3-5-13(11)15(10)14-8-12(9-19-14)16(17)18/h2-9H,1H3,(H,17,18).